The van der Waals surface area contributed by atoms with Gasteiger partial charge in [-0.3, -0.25) is 14.0 Å². The first-order chi connectivity index (χ1) is 19.1. The van der Waals surface area contributed by atoms with Gasteiger partial charge in [0.15, 0.2) is 5.65 Å². The standard InChI is InChI=1S/C31H28N6O2/c1-35-25-12-4-5-13-26(25)37-29-23(14-15-24(34-29)22-11-3-2-9-21(22)10-8-16-32)28(38)27(31(35)37)30(39)33-17-20-36-18-6-7-19-36/h2-5,8-15H,6-7,17-20H2,1H3,(H,33,39). The zero-order chi connectivity index (χ0) is 26.9. The molecule has 8 heteroatoms. The average Bonchev–Trinajstić information content (AvgIpc) is 3.58. The maximum absolute atomic E-state index is 13.9. The van der Waals surface area contributed by atoms with Gasteiger partial charge >= 0.3 is 0 Å². The predicted molar refractivity (Wildman–Crippen MR) is 154 cm³/mol. The second-order valence-electron chi connectivity index (χ2n) is 9.83. The third kappa shape index (κ3) is 4.27. The number of fused-ring (bicyclic) bond motifs is 5. The summed E-state index contributed by atoms with van der Waals surface area (Å²) in [7, 11) is 1.87. The van der Waals surface area contributed by atoms with Gasteiger partial charge in [0.05, 0.1) is 28.2 Å². The van der Waals surface area contributed by atoms with Crippen LogP contribution < -0.4 is 10.7 Å². The van der Waals surface area contributed by atoms with Crippen molar-refractivity contribution in [3.8, 4) is 17.3 Å². The number of nitriles is 1. The highest BCUT2D eigenvalue weighted by Gasteiger charge is 2.24. The van der Waals surface area contributed by atoms with E-state index in [1.165, 1.54) is 18.9 Å². The molecule has 0 bridgehead atoms. The number of nitrogens with one attached hydrogen (secondary N) is 1. The molecule has 0 saturated carbocycles. The van der Waals surface area contributed by atoms with Crippen LogP contribution in [0.3, 0.4) is 0 Å². The number of hydrogen-bond acceptors (Lipinski definition) is 5. The van der Waals surface area contributed by atoms with Crippen molar-refractivity contribution in [3.05, 3.63) is 88.1 Å². The van der Waals surface area contributed by atoms with Gasteiger partial charge in [0, 0.05) is 31.8 Å². The topological polar surface area (TPSA) is 95.4 Å². The quantitative estimate of drug-likeness (QED) is 0.338. The summed E-state index contributed by atoms with van der Waals surface area (Å²) in [6.45, 7) is 3.34. The van der Waals surface area contributed by atoms with Crippen molar-refractivity contribution >= 4 is 39.7 Å². The maximum atomic E-state index is 13.9. The Morgan fingerprint density at radius 3 is 2.59 bits per heavy atom. The number of aryl methyl sites for hydroxylation is 1. The molecule has 8 nitrogen and oxygen atoms in total. The van der Waals surface area contributed by atoms with Gasteiger partial charge in [-0.05, 0) is 61.8 Å². The molecule has 1 saturated heterocycles. The number of imidazole rings is 1. The molecule has 3 aromatic heterocycles. The van der Waals surface area contributed by atoms with E-state index in [0.29, 0.717) is 28.9 Å². The highest BCUT2D eigenvalue weighted by Crippen LogP contribution is 2.29. The third-order valence-electron chi connectivity index (χ3n) is 7.51. The van der Waals surface area contributed by atoms with Crippen LogP contribution in [0.25, 0.3) is 45.0 Å². The molecule has 6 rings (SSSR count). The molecule has 194 valence electrons. The fourth-order valence-corrected chi connectivity index (χ4v) is 5.62. The number of allylic oxidation sites excluding steroid dienone is 1. The average molecular weight is 517 g/mol. The van der Waals surface area contributed by atoms with E-state index in [-0.39, 0.29) is 16.9 Å². The van der Waals surface area contributed by atoms with Gasteiger partial charge in [-0.2, -0.15) is 5.26 Å². The summed E-state index contributed by atoms with van der Waals surface area (Å²) in [6, 6.07) is 21.1. The number of aromatic nitrogens is 3. The predicted octanol–water partition coefficient (Wildman–Crippen LogP) is 4.37. The zero-order valence-corrected chi connectivity index (χ0v) is 21.7. The Morgan fingerprint density at radius 1 is 1.05 bits per heavy atom. The van der Waals surface area contributed by atoms with E-state index < -0.39 is 0 Å². The summed E-state index contributed by atoms with van der Waals surface area (Å²) < 4.78 is 3.81. The number of nitrogens with zero attached hydrogens (tertiary/aromatic N) is 5. The number of amides is 1. The number of pyridine rings is 2. The van der Waals surface area contributed by atoms with Gasteiger partial charge in [-0.15, -0.1) is 0 Å². The number of hydrogen-bond donors (Lipinski definition) is 1. The summed E-state index contributed by atoms with van der Waals surface area (Å²) in [6.07, 6.45) is 5.55. The molecule has 1 N–H and O–H groups in total. The van der Waals surface area contributed by atoms with Crippen molar-refractivity contribution < 1.29 is 4.79 Å². The summed E-state index contributed by atoms with van der Waals surface area (Å²) in [5, 5.41) is 12.4. The Morgan fingerprint density at radius 2 is 1.79 bits per heavy atom. The van der Waals surface area contributed by atoms with Gasteiger partial charge in [-0.25, -0.2) is 4.98 Å². The summed E-state index contributed by atoms with van der Waals surface area (Å²) in [5.41, 5.74) is 4.88. The SMILES string of the molecule is Cn1c2ccccc2n2c3nc(-c4ccccc4C=CC#N)ccc3c(=O)c(C(=O)NCCN3CCCC3)c12. The van der Waals surface area contributed by atoms with Crippen molar-refractivity contribution in [2.45, 2.75) is 12.8 Å². The van der Waals surface area contributed by atoms with Crippen LogP contribution in [0.15, 0.2) is 71.5 Å². The molecular formula is C31H28N6O2. The first kappa shape index (κ1) is 24.6. The lowest BCUT2D eigenvalue weighted by atomic mass is 10.0. The monoisotopic (exact) mass is 516 g/mol. The molecule has 4 heterocycles. The van der Waals surface area contributed by atoms with E-state index in [9.17, 15) is 9.59 Å². The lowest BCUT2D eigenvalue weighted by Gasteiger charge is -2.15. The number of benzene rings is 2. The first-order valence-electron chi connectivity index (χ1n) is 13.2. The van der Waals surface area contributed by atoms with Crippen LogP contribution in [0.1, 0.15) is 28.8 Å². The molecule has 0 atom stereocenters. The number of rotatable bonds is 6. The van der Waals surface area contributed by atoms with E-state index in [1.54, 1.807) is 18.2 Å². The minimum atomic E-state index is -0.374. The molecule has 0 aliphatic carbocycles. The molecule has 0 radical (unpaired) electrons. The largest absolute Gasteiger partial charge is 0.351 e. The first-order valence-corrected chi connectivity index (χ1v) is 13.2. The molecule has 5 aromatic rings. The Balaban J connectivity index is 1.55. The molecular weight excluding hydrogens is 488 g/mol. The van der Waals surface area contributed by atoms with Crippen LogP contribution in [0.4, 0.5) is 0 Å². The molecule has 1 fully saturated rings. The number of likely N-dealkylation sites (tertiary alicyclic amines) is 1. The fourth-order valence-electron chi connectivity index (χ4n) is 5.62. The van der Waals surface area contributed by atoms with Crippen molar-refractivity contribution in [2.75, 3.05) is 26.2 Å². The van der Waals surface area contributed by atoms with Gasteiger partial charge in [-0.1, -0.05) is 36.4 Å². The van der Waals surface area contributed by atoms with Crippen LogP contribution in [0.2, 0.25) is 0 Å². The Hall–Kier alpha value is -4.74. The van der Waals surface area contributed by atoms with Crippen molar-refractivity contribution in [1.29, 1.82) is 5.26 Å². The Bertz CT molecular complexity index is 1870. The van der Waals surface area contributed by atoms with E-state index in [1.807, 2.05) is 70.6 Å². The normalized spacial score (nSPS) is 14.1. The number of para-hydroxylation sites is 2. The molecule has 0 unspecified atom stereocenters. The van der Waals surface area contributed by atoms with E-state index in [4.69, 9.17) is 10.2 Å². The fraction of sp³-hybridized carbons (Fsp3) is 0.226. The summed E-state index contributed by atoms with van der Waals surface area (Å²) in [5.74, 6) is -0.374. The zero-order valence-electron chi connectivity index (χ0n) is 21.7. The van der Waals surface area contributed by atoms with E-state index in [0.717, 1.165) is 41.8 Å². The molecule has 39 heavy (non-hydrogen) atoms. The van der Waals surface area contributed by atoms with Crippen LogP contribution in [0, 0.1) is 11.3 Å². The van der Waals surface area contributed by atoms with Crippen LogP contribution in [0.5, 0.6) is 0 Å². The maximum Gasteiger partial charge on any atom is 0.259 e. The highest BCUT2D eigenvalue weighted by molar-refractivity contribution is 6.06. The minimum Gasteiger partial charge on any atom is -0.351 e. The third-order valence-corrected chi connectivity index (χ3v) is 7.51. The smallest absolute Gasteiger partial charge is 0.259 e. The van der Waals surface area contributed by atoms with E-state index >= 15 is 0 Å². The highest BCUT2D eigenvalue weighted by atomic mass is 16.2. The second kappa shape index (κ2) is 10.2. The van der Waals surface area contributed by atoms with Gasteiger partial charge < -0.3 is 14.8 Å². The second-order valence-corrected chi connectivity index (χ2v) is 9.83. The summed E-state index contributed by atoms with van der Waals surface area (Å²) in [4.78, 5) is 34.8. The van der Waals surface area contributed by atoms with Crippen molar-refractivity contribution in [1.82, 2.24) is 24.2 Å². The lowest BCUT2D eigenvalue weighted by Crippen LogP contribution is -2.36. The molecule has 1 aliphatic heterocycles. The molecule has 1 amide bonds. The van der Waals surface area contributed by atoms with Crippen molar-refractivity contribution in [2.24, 2.45) is 7.05 Å². The van der Waals surface area contributed by atoms with E-state index in [2.05, 4.69) is 10.2 Å². The Kier molecular flexibility index (Phi) is 6.43. The summed E-state index contributed by atoms with van der Waals surface area (Å²) >= 11 is 0. The van der Waals surface area contributed by atoms with Gasteiger partial charge in [0.1, 0.15) is 11.2 Å². The number of carbonyl (C=O) groups excluding carboxylic acids is 1. The molecule has 1 aliphatic rings. The van der Waals surface area contributed by atoms with Crippen LogP contribution >= 0.6 is 0 Å². The lowest BCUT2D eigenvalue weighted by molar-refractivity contribution is 0.0950. The van der Waals surface area contributed by atoms with Gasteiger partial charge in [0.2, 0.25) is 5.43 Å². The number of carbonyl (C=O) groups is 1. The van der Waals surface area contributed by atoms with Crippen LogP contribution in [-0.4, -0.2) is 50.9 Å². The minimum absolute atomic E-state index is 0.120. The molecule has 2 aromatic carbocycles. The van der Waals surface area contributed by atoms with Crippen LogP contribution in [-0.2, 0) is 7.05 Å². The molecule has 0 spiro atoms. The van der Waals surface area contributed by atoms with Gasteiger partial charge in [0.25, 0.3) is 5.91 Å². The Labute approximate surface area is 225 Å². The van der Waals surface area contributed by atoms with Crippen molar-refractivity contribution in [3.63, 3.8) is 0 Å².